The lowest BCUT2D eigenvalue weighted by atomic mass is 10.1. The Hall–Kier alpha value is -2.54. The molecule has 3 aromatic rings. The summed E-state index contributed by atoms with van der Waals surface area (Å²) in [5.41, 5.74) is 2.18. The average Bonchev–Trinajstić information content (AvgIpc) is 2.68. The Kier molecular flexibility index (Phi) is 6.24. The van der Waals surface area contributed by atoms with E-state index in [0.29, 0.717) is 11.1 Å². The Morgan fingerprint density at radius 1 is 0.929 bits per heavy atom. The molecular formula is C22H23FN2O2S. The van der Waals surface area contributed by atoms with Crippen molar-refractivity contribution in [2.45, 2.75) is 10.9 Å². The second-order valence-electron chi connectivity index (χ2n) is 6.75. The minimum absolute atomic E-state index is 0.127. The molecule has 0 radical (unpaired) electrons. The second kappa shape index (κ2) is 8.65. The zero-order valence-corrected chi connectivity index (χ0v) is 16.7. The summed E-state index contributed by atoms with van der Waals surface area (Å²) >= 11 is 0. The van der Waals surface area contributed by atoms with Gasteiger partial charge in [0.05, 0.1) is 4.90 Å². The van der Waals surface area contributed by atoms with Crippen molar-refractivity contribution < 1.29 is 12.8 Å². The molecule has 3 rings (SSSR count). The molecule has 1 atom stereocenters. The van der Waals surface area contributed by atoms with Gasteiger partial charge >= 0.3 is 0 Å². The molecule has 0 aliphatic rings. The fourth-order valence-electron chi connectivity index (χ4n) is 3.14. The Bertz CT molecular complexity index is 1040. The topological polar surface area (TPSA) is 49.4 Å². The summed E-state index contributed by atoms with van der Waals surface area (Å²) in [4.78, 5) is 2.08. The summed E-state index contributed by atoms with van der Waals surface area (Å²) in [5.74, 6) is -0.346. The lowest BCUT2D eigenvalue weighted by Gasteiger charge is -2.25. The van der Waals surface area contributed by atoms with Crippen LogP contribution < -0.4 is 4.72 Å². The van der Waals surface area contributed by atoms with Crippen LogP contribution in [0.25, 0.3) is 11.1 Å². The molecule has 0 bridgehead atoms. The van der Waals surface area contributed by atoms with Crippen molar-refractivity contribution in [3.8, 4) is 11.1 Å². The van der Waals surface area contributed by atoms with Crippen LogP contribution in [0.15, 0.2) is 83.8 Å². The van der Waals surface area contributed by atoms with Crippen molar-refractivity contribution >= 4 is 10.0 Å². The Balaban J connectivity index is 1.88. The van der Waals surface area contributed by atoms with E-state index in [-0.39, 0.29) is 23.3 Å². The lowest BCUT2D eigenvalue weighted by Crippen LogP contribution is -2.34. The van der Waals surface area contributed by atoms with Crippen molar-refractivity contribution in [2.75, 3.05) is 20.6 Å². The summed E-state index contributed by atoms with van der Waals surface area (Å²) in [6.45, 7) is 0.127. The molecule has 0 heterocycles. The van der Waals surface area contributed by atoms with E-state index in [2.05, 4.69) is 4.72 Å². The molecule has 3 aromatic carbocycles. The largest absolute Gasteiger partial charge is 0.301 e. The fourth-order valence-corrected chi connectivity index (χ4v) is 4.40. The summed E-state index contributed by atoms with van der Waals surface area (Å²) < 4.78 is 42.4. The SMILES string of the molecule is CN(C)[C@@H](CNS(=O)(=O)c1ccccc1-c1ccccc1)c1cccc(F)c1. The standard InChI is InChI=1S/C22H23FN2O2S/c1-25(2)21(18-11-8-12-19(23)15-18)16-24-28(26,27)22-14-7-6-13-20(22)17-9-4-3-5-10-17/h3-15,21,24H,16H2,1-2H3/t21-/m0/s1. The van der Waals surface area contributed by atoms with E-state index in [1.54, 1.807) is 30.3 Å². The van der Waals surface area contributed by atoms with E-state index in [0.717, 1.165) is 5.56 Å². The number of sulfonamides is 1. The van der Waals surface area contributed by atoms with Crippen molar-refractivity contribution in [3.05, 3.63) is 90.2 Å². The van der Waals surface area contributed by atoms with Crippen LogP contribution in [0.1, 0.15) is 11.6 Å². The minimum Gasteiger partial charge on any atom is -0.301 e. The first kappa shape index (κ1) is 20.2. The summed E-state index contributed by atoms with van der Waals surface area (Å²) in [7, 11) is -0.0860. The number of rotatable bonds is 7. The zero-order chi connectivity index (χ0) is 20.1. The monoisotopic (exact) mass is 398 g/mol. The van der Waals surface area contributed by atoms with Gasteiger partial charge in [-0.2, -0.15) is 0 Å². The van der Waals surface area contributed by atoms with Crippen molar-refractivity contribution in [3.63, 3.8) is 0 Å². The van der Waals surface area contributed by atoms with E-state index >= 15 is 0 Å². The normalized spacial score (nSPS) is 12.9. The predicted octanol–water partition coefficient (Wildman–Crippen LogP) is 4.07. The first-order chi connectivity index (χ1) is 13.4. The molecule has 146 valence electrons. The van der Waals surface area contributed by atoms with E-state index in [1.165, 1.54) is 12.1 Å². The van der Waals surface area contributed by atoms with E-state index < -0.39 is 10.0 Å². The van der Waals surface area contributed by atoms with Gasteiger partial charge in [-0.1, -0.05) is 60.7 Å². The maximum absolute atomic E-state index is 13.6. The molecule has 0 spiro atoms. The highest BCUT2D eigenvalue weighted by atomic mass is 32.2. The quantitative estimate of drug-likeness (QED) is 0.653. The molecule has 0 saturated heterocycles. The lowest BCUT2D eigenvalue weighted by molar-refractivity contribution is 0.299. The van der Waals surface area contributed by atoms with Crippen molar-refractivity contribution in [2.24, 2.45) is 0 Å². The van der Waals surface area contributed by atoms with Crippen LogP contribution in [-0.4, -0.2) is 34.0 Å². The van der Waals surface area contributed by atoms with Gasteiger partial charge in [0.2, 0.25) is 10.0 Å². The molecule has 0 aliphatic carbocycles. The third-order valence-electron chi connectivity index (χ3n) is 4.58. The summed E-state index contributed by atoms with van der Waals surface area (Å²) in [5, 5.41) is 0. The van der Waals surface area contributed by atoms with Gasteiger partial charge in [0.25, 0.3) is 0 Å². The number of nitrogens with zero attached hydrogens (tertiary/aromatic N) is 1. The molecule has 4 nitrogen and oxygen atoms in total. The maximum Gasteiger partial charge on any atom is 0.241 e. The third kappa shape index (κ3) is 4.65. The fraction of sp³-hybridized carbons (Fsp3) is 0.182. The highest BCUT2D eigenvalue weighted by Gasteiger charge is 2.22. The number of benzene rings is 3. The maximum atomic E-state index is 13.6. The molecule has 0 saturated carbocycles. The molecule has 0 fully saturated rings. The molecule has 0 aliphatic heterocycles. The molecular weight excluding hydrogens is 375 g/mol. The van der Waals surface area contributed by atoms with Gasteiger partial charge in [0, 0.05) is 18.2 Å². The first-order valence-electron chi connectivity index (χ1n) is 8.94. The van der Waals surface area contributed by atoms with Crippen LogP contribution in [0.4, 0.5) is 4.39 Å². The number of hydrogen-bond donors (Lipinski definition) is 1. The molecule has 6 heteroatoms. The van der Waals surface area contributed by atoms with Crippen LogP contribution in [0.2, 0.25) is 0 Å². The zero-order valence-electron chi connectivity index (χ0n) is 15.8. The number of nitrogens with one attached hydrogen (secondary N) is 1. The molecule has 28 heavy (non-hydrogen) atoms. The average molecular weight is 399 g/mol. The Morgan fingerprint density at radius 3 is 2.29 bits per heavy atom. The van der Waals surface area contributed by atoms with Gasteiger partial charge in [0.15, 0.2) is 0 Å². The highest BCUT2D eigenvalue weighted by molar-refractivity contribution is 7.89. The van der Waals surface area contributed by atoms with Gasteiger partial charge in [-0.05, 0) is 43.4 Å². The van der Waals surface area contributed by atoms with Gasteiger partial charge in [-0.15, -0.1) is 0 Å². The molecule has 0 amide bonds. The number of likely N-dealkylation sites (N-methyl/N-ethyl adjacent to an activating group) is 1. The van der Waals surface area contributed by atoms with Gasteiger partial charge in [-0.25, -0.2) is 17.5 Å². The molecule has 1 N–H and O–H groups in total. The first-order valence-corrected chi connectivity index (χ1v) is 10.4. The Morgan fingerprint density at radius 2 is 1.61 bits per heavy atom. The number of hydrogen-bond acceptors (Lipinski definition) is 3. The van der Waals surface area contributed by atoms with Crippen LogP contribution >= 0.6 is 0 Å². The molecule has 0 unspecified atom stereocenters. The Labute approximate surface area is 165 Å². The van der Waals surface area contributed by atoms with Crippen LogP contribution in [0, 0.1) is 5.82 Å². The third-order valence-corrected chi connectivity index (χ3v) is 6.07. The van der Waals surface area contributed by atoms with E-state index in [1.807, 2.05) is 55.4 Å². The number of halogens is 1. The molecule has 0 aromatic heterocycles. The highest BCUT2D eigenvalue weighted by Crippen LogP contribution is 2.27. The second-order valence-corrected chi connectivity index (χ2v) is 8.48. The van der Waals surface area contributed by atoms with Crippen molar-refractivity contribution in [1.29, 1.82) is 0 Å². The van der Waals surface area contributed by atoms with Crippen molar-refractivity contribution in [1.82, 2.24) is 9.62 Å². The van der Waals surface area contributed by atoms with Gasteiger partial charge in [-0.3, -0.25) is 0 Å². The van der Waals surface area contributed by atoms with Gasteiger partial charge in [0.1, 0.15) is 5.82 Å². The smallest absolute Gasteiger partial charge is 0.241 e. The van der Waals surface area contributed by atoms with Gasteiger partial charge < -0.3 is 4.90 Å². The minimum atomic E-state index is -3.76. The summed E-state index contributed by atoms with van der Waals surface area (Å²) in [6, 6.07) is 22.2. The van der Waals surface area contributed by atoms with Crippen LogP contribution in [-0.2, 0) is 10.0 Å². The van der Waals surface area contributed by atoms with Crippen LogP contribution in [0.5, 0.6) is 0 Å². The van der Waals surface area contributed by atoms with E-state index in [4.69, 9.17) is 0 Å². The van der Waals surface area contributed by atoms with E-state index in [9.17, 15) is 12.8 Å². The van der Waals surface area contributed by atoms with Crippen LogP contribution in [0.3, 0.4) is 0 Å². The predicted molar refractivity (Wildman–Crippen MR) is 110 cm³/mol. The summed E-state index contributed by atoms with van der Waals surface area (Å²) in [6.07, 6.45) is 0.